The van der Waals surface area contributed by atoms with Gasteiger partial charge in [-0.3, -0.25) is 0 Å². The maximum atomic E-state index is 11.8. The fourth-order valence-corrected chi connectivity index (χ4v) is 3.27. The van der Waals surface area contributed by atoms with Gasteiger partial charge >= 0.3 is 0 Å². The second-order valence-corrected chi connectivity index (χ2v) is 6.96. The minimum absolute atomic E-state index is 0.00498. The predicted molar refractivity (Wildman–Crippen MR) is 68.5 cm³/mol. The Kier molecular flexibility index (Phi) is 5.37. The highest BCUT2D eigenvalue weighted by molar-refractivity contribution is 7.89. The SMILES string of the molecule is CCNCCS(=O)(=O)NC1CCOC(C)(C)C1. The van der Waals surface area contributed by atoms with Gasteiger partial charge in [-0.1, -0.05) is 6.92 Å². The number of sulfonamides is 1. The third-order valence-corrected chi connectivity index (χ3v) is 4.27. The lowest BCUT2D eigenvalue weighted by molar-refractivity contribution is -0.0599. The second kappa shape index (κ2) is 6.13. The highest BCUT2D eigenvalue weighted by Gasteiger charge is 2.30. The zero-order chi connectivity index (χ0) is 12.9. The third kappa shape index (κ3) is 5.81. The van der Waals surface area contributed by atoms with Crippen molar-refractivity contribution in [3.05, 3.63) is 0 Å². The van der Waals surface area contributed by atoms with Crippen LogP contribution in [0, 0.1) is 0 Å². The molecule has 0 aromatic heterocycles. The highest BCUT2D eigenvalue weighted by Crippen LogP contribution is 2.24. The average molecular weight is 264 g/mol. The zero-order valence-corrected chi connectivity index (χ0v) is 11.8. The Morgan fingerprint density at radius 3 is 2.71 bits per heavy atom. The summed E-state index contributed by atoms with van der Waals surface area (Å²) in [6, 6.07) is 0.00498. The summed E-state index contributed by atoms with van der Waals surface area (Å²) in [4.78, 5) is 0. The van der Waals surface area contributed by atoms with Crippen LogP contribution in [0.2, 0.25) is 0 Å². The summed E-state index contributed by atoms with van der Waals surface area (Å²) in [5.74, 6) is 0.138. The molecular weight excluding hydrogens is 240 g/mol. The molecule has 5 nitrogen and oxygen atoms in total. The molecule has 0 radical (unpaired) electrons. The lowest BCUT2D eigenvalue weighted by Gasteiger charge is -2.35. The lowest BCUT2D eigenvalue weighted by Crippen LogP contribution is -2.47. The zero-order valence-electron chi connectivity index (χ0n) is 11.0. The van der Waals surface area contributed by atoms with Gasteiger partial charge in [-0.25, -0.2) is 13.1 Å². The smallest absolute Gasteiger partial charge is 0.213 e. The Hall–Kier alpha value is -0.170. The van der Waals surface area contributed by atoms with Crippen molar-refractivity contribution in [2.45, 2.75) is 45.3 Å². The summed E-state index contributed by atoms with van der Waals surface area (Å²) in [7, 11) is -3.17. The Labute approximate surface area is 104 Å². The van der Waals surface area contributed by atoms with E-state index in [1.54, 1.807) is 0 Å². The Morgan fingerprint density at radius 2 is 2.12 bits per heavy atom. The monoisotopic (exact) mass is 264 g/mol. The van der Waals surface area contributed by atoms with Crippen molar-refractivity contribution in [3.63, 3.8) is 0 Å². The third-order valence-electron chi connectivity index (χ3n) is 2.84. The van der Waals surface area contributed by atoms with Crippen LogP contribution in [-0.2, 0) is 14.8 Å². The van der Waals surface area contributed by atoms with Gasteiger partial charge in [-0.2, -0.15) is 0 Å². The molecule has 2 N–H and O–H groups in total. The number of ether oxygens (including phenoxy) is 1. The van der Waals surface area contributed by atoms with Gasteiger partial charge in [0, 0.05) is 19.2 Å². The Morgan fingerprint density at radius 1 is 1.41 bits per heavy atom. The van der Waals surface area contributed by atoms with Crippen LogP contribution in [0.4, 0.5) is 0 Å². The first-order valence-electron chi connectivity index (χ1n) is 6.19. The molecule has 1 aliphatic rings. The van der Waals surface area contributed by atoms with Crippen molar-refractivity contribution in [1.82, 2.24) is 10.0 Å². The van der Waals surface area contributed by atoms with Crippen molar-refractivity contribution in [1.29, 1.82) is 0 Å². The van der Waals surface area contributed by atoms with E-state index in [0.717, 1.165) is 19.4 Å². The molecule has 0 saturated carbocycles. The van der Waals surface area contributed by atoms with Crippen LogP contribution in [0.3, 0.4) is 0 Å². The maximum absolute atomic E-state index is 11.8. The molecule has 102 valence electrons. The summed E-state index contributed by atoms with van der Waals surface area (Å²) in [6.45, 7) is 7.85. The lowest BCUT2D eigenvalue weighted by atomic mass is 9.95. The molecule has 6 heteroatoms. The van der Waals surface area contributed by atoms with Crippen molar-refractivity contribution < 1.29 is 13.2 Å². The average Bonchev–Trinajstić information content (AvgIpc) is 2.15. The van der Waals surface area contributed by atoms with Crippen molar-refractivity contribution in [2.75, 3.05) is 25.4 Å². The van der Waals surface area contributed by atoms with E-state index in [2.05, 4.69) is 10.0 Å². The first-order valence-corrected chi connectivity index (χ1v) is 7.84. The summed E-state index contributed by atoms with van der Waals surface area (Å²) in [5, 5.41) is 3.01. The topological polar surface area (TPSA) is 67.4 Å². The molecule has 1 unspecified atom stereocenters. The molecule has 0 aliphatic carbocycles. The van der Waals surface area contributed by atoms with E-state index in [1.165, 1.54) is 0 Å². The van der Waals surface area contributed by atoms with Crippen LogP contribution >= 0.6 is 0 Å². The molecule has 1 aliphatic heterocycles. The van der Waals surface area contributed by atoms with Crippen LogP contribution in [0.25, 0.3) is 0 Å². The van der Waals surface area contributed by atoms with Gasteiger partial charge in [0.05, 0.1) is 11.4 Å². The molecule has 0 bridgehead atoms. The van der Waals surface area contributed by atoms with Crippen molar-refractivity contribution >= 4 is 10.0 Å². The van der Waals surface area contributed by atoms with E-state index in [1.807, 2.05) is 20.8 Å². The van der Waals surface area contributed by atoms with Crippen LogP contribution in [0.1, 0.15) is 33.6 Å². The van der Waals surface area contributed by atoms with Gasteiger partial charge in [-0.05, 0) is 33.2 Å². The second-order valence-electron chi connectivity index (χ2n) is 5.09. The van der Waals surface area contributed by atoms with Crippen molar-refractivity contribution in [3.8, 4) is 0 Å². The van der Waals surface area contributed by atoms with Gasteiger partial charge in [0.1, 0.15) is 0 Å². The minimum Gasteiger partial charge on any atom is -0.375 e. The van der Waals surface area contributed by atoms with E-state index >= 15 is 0 Å². The fraction of sp³-hybridized carbons (Fsp3) is 1.00. The van der Waals surface area contributed by atoms with E-state index in [-0.39, 0.29) is 17.4 Å². The van der Waals surface area contributed by atoms with Crippen LogP contribution in [0.5, 0.6) is 0 Å². The summed E-state index contributed by atoms with van der Waals surface area (Å²) in [5.41, 5.74) is -0.229. The van der Waals surface area contributed by atoms with Gasteiger partial charge in [0.15, 0.2) is 0 Å². The van der Waals surface area contributed by atoms with E-state index in [4.69, 9.17) is 4.74 Å². The molecule has 1 saturated heterocycles. The largest absolute Gasteiger partial charge is 0.375 e. The van der Waals surface area contributed by atoms with E-state index in [9.17, 15) is 8.42 Å². The quantitative estimate of drug-likeness (QED) is 0.685. The predicted octanol–water partition coefficient (Wildman–Crippen LogP) is 0.473. The fourth-order valence-electron chi connectivity index (χ4n) is 2.03. The standard InChI is InChI=1S/C11H24N2O3S/c1-4-12-6-8-17(14,15)13-10-5-7-16-11(2,3)9-10/h10,12-13H,4-9H2,1-3H3. The van der Waals surface area contributed by atoms with Gasteiger partial charge in [0.2, 0.25) is 10.0 Å². The molecule has 1 atom stereocenters. The molecule has 0 amide bonds. The number of hydrogen-bond donors (Lipinski definition) is 2. The Bertz CT molecular complexity index is 328. The summed E-state index contributed by atoms with van der Waals surface area (Å²) in [6.07, 6.45) is 1.48. The number of rotatable bonds is 6. The van der Waals surface area contributed by atoms with Crippen molar-refractivity contribution in [2.24, 2.45) is 0 Å². The molecule has 17 heavy (non-hydrogen) atoms. The molecule has 0 spiro atoms. The van der Waals surface area contributed by atoms with Gasteiger partial charge in [0.25, 0.3) is 0 Å². The first-order chi connectivity index (χ1) is 7.85. The summed E-state index contributed by atoms with van der Waals surface area (Å²) < 4.78 is 31.9. The maximum Gasteiger partial charge on any atom is 0.213 e. The van der Waals surface area contributed by atoms with Gasteiger partial charge < -0.3 is 10.1 Å². The van der Waals surface area contributed by atoms with Crippen LogP contribution in [0.15, 0.2) is 0 Å². The molecule has 1 heterocycles. The number of hydrogen-bond acceptors (Lipinski definition) is 4. The van der Waals surface area contributed by atoms with Gasteiger partial charge in [-0.15, -0.1) is 0 Å². The molecular formula is C11H24N2O3S. The van der Waals surface area contributed by atoms with E-state index < -0.39 is 10.0 Å². The minimum atomic E-state index is -3.17. The normalized spacial score (nSPS) is 24.8. The first kappa shape index (κ1) is 14.9. The molecule has 0 aromatic carbocycles. The number of nitrogens with one attached hydrogen (secondary N) is 2. The summed E-state index contributed by atoms with van der Waals surface area (Å²) >= 11 is 0. The molecule has 1 rings (SSSR count). The highest BCUT2D eigenvalue weighted by atomic mass is 32.2. The molecule has 0 aromatic rings. The Balaban J connectivity index is 2.41. The van der Waals surface area contributed by atoms with Crippen LogP contribution in [-0.4, -0.2) is 45.5 Å². The molecule has 1 fully saturated rings. The van der Waals surface area contributed by atoms with Crippen LogP contribution < -0.4 is 10.0 Å². The van der Waals surface area contributed by atoms with E-state index in [0.29, 0.717) is 13.2 Å².